The van der Waals surface area contributed by atoms with Crippen LogP contribution in [0, 0.1) is 18.8 Å². The minimum absolute atomic E-state index is 0.134. The first-order valence-electron chi connectivity index (χ1n) is 7.66. The van der Waals surface area contributed by atoms with Gasteiger partial charge < -0.3 is 0 Å². The van der Waals surface area contributed by atoms with Crippen molar-refractivity contribution in [1.82, 2.24) is 0 Å². The Kier molecular flexibility index (Phi) is 4.22. The average molecular weight is 328 g/mol. The zero-order chi connectivity index (χ0) is 16.6. The second kappa shape index (κ2) is 6.17. The predicted molar refractivity (Wildman–Crippen MR) is 91.5 cm³/mol. The van der Waals surface area contributed by atoms with E-state index >= 15 is 0 Å². The Hall–Kier alpha value is -2.13. The molecule has 1 aliphatic heterocycles. The molecule has 4 heteroatoms. The first kappa shape index (κ1) is 15.8. The highest BCUT2D eigenvalue weighted by Crippen LogP contribution is 2.33. The zero-order valence-corrected chi connectivity index (χ0v) is 13.9. The zero-order valence-electron chi connectivity index (χ0n) is 13.1. The van der Waals surface area contributed by atoms with E-state index in [1.807, 2.05) is 38.1 Å². The van der Waals surface area contributed by atoms with Crippen molar-refractivity contribution in [1.29, 1.82) is 0 Å². The molecule has 1 fully saturated rings. The fraction of sp³-hybridized carbons (Fsp3) is 0.263. The monoisotopic (exact) mass is 327 g/mol. The van der Waals surface area contributed by atoms with Crippen molar-refractivity contribution in [2.45, 2.75) is 20.3 Å². The number of aryl methyl sites for hydroxylation is 1. The van der Waals surface area contributed by atoms with Gasteiger partial charge in [0.15, 0.2) is 0 Å². The molecule has 3 nitrogen and oxygen atoms in total. The number of nitrogens with zero attached hydrogens (tertiary/aromatic N) is 1. The lowest BCUT2D eigenvalue weighted by Gasteiger charge is -2.15. The van der Waals surface area contributed by atoms with Crippen LogP contribution in [0.5, 0.6) is 0 Å². The van der Waals surface area contributed by atoms with Crippen molar-refractivity contribution < 1.29 is 9.59 Å². The molecule has 1 saturated heterocycles. The van der Waals surface area contributed by atoms with Gasteiger partial charge in [0.1, 0.15) is 0 Å². The fourth-order valence-corrected chi connectivity index (χ4v) is 3.08. The summed E-state index contributed by atoms with van der Waals surface area (Å²) in [7, 11) is 0. The molecule has 0 bridgehead atoms. The van der Waals surface area contributed by atoms with Crippen LogP contribution in [-0.2, 0) is 16.0 Å². The number of carbonyl (C=O) groups excluding carboxylic acids is 2. The molecule has 2 atom stereocenters. The molecule has 0 unspecified atom stereocenters. The lowest BCUT2D eigenvalue weighted by Crippen LogP contribution is -2.31. The molecule has 2 amide bonds. The quantitative estimate of drug-likeness (QED) is 0.799. The first-order chi connectivity index (χ1) is 11.0. The molecule has 1 heterocycles. The summed E-state index contributed by atoms with van der Waals surface area (Å²) in [6.07, 6.45) is 0.579. The Balaban J connectivity index is 1.85. The van der Waals surface area contributed by atoms with Crippen molar-refractivity contribution in [3.05, 3.63) is 64.7 Å². The third-order valence-electron chi connectivity index (χ3n) is 4.41. The third kappa shape index (κ3) is 3.02. The number of rotatable bonds is 3. The van der Waals surface area contributed by atoms with E-state index in [1.165, 1.54) is 10.5 Å². The van der Waals surface area contributed by atoms with Crippen LogP contribution in [0.2, 0.25) is 5.02 Å². The Morgan fingerprint density at radius 3 is 2.17 bits per heavy atom. The molecular formula is C19H18ClNO2. The Morgan fingerprint density at radius 2 is 1.57 bits per heavy atom. The van der Waals surface area contributed by atoms with Gasteiger partial charge in [0.05, 0.1) is 11.6 Å². The molecular weight excluding hydrogens is 310 g/mol. The van der Waals surface area contributed by atoms with Crippen LogP contribution in [0.25, 0.3) is 0 Å². The van der Waals surface area contributed by atoms with Gasteiger partial charge in [-0.3, -0.25) is 14.5 Å². The molecule has 0 aromatic heterocycles. The minimum atomic E-state index is -0.320. The number of amides is 2. The number of anilines is 1. The van der Waals surface area contributed by atoms with E-state index in [1.54, 1.807) is 24.3 Å². The highest BCUT2D eigenvalue weighted by Gasteiger charge is 2.45. The summed E-state index contributed by atoms with van der Waals surface area (Å²) >= 11 is 5.88. The number of halogens is 1. The van der Waals surface area contributed by atoms with Crippen LogP contribution >= 0.6 is 11.6 Å². The molecule has 0 spiro atoms. The van der Waals surface area contributed by atoms with Gasteiger partial charge in [-0.25, -0.2) is 0 Å². The van der Waals surface area contributed by atoms with Crippen LogP contribution in [0.1, 0.15) is 18.1 Å². The first-order valence-corrected chi connectivity index (χ1v) is 8.04. The maximum absolute atomic E-state index is 12.8. The van der Waals surface area contributed by atoms with E-state index < -0.39 is 0 Å². The predicted octanol–water partition coefficient (Wildman–Crippen LogP) is 4.02. The number of benzene rings is 2. The van der Waals surface area contributed by atoms with Crippen LogP contribution in [0.4, 0.5) is 5.69 Å². The van der Waals surface area contributed by atoms with Crippen LogP contribution in [0.3, 0.4) is 0 Å². The topological polar surface area (TPSA) is 37.4 Å². The standard InChI is InChI=1S/C19H18ClNO2/c1-12-3-5-14(6-4-12)11-17-13(2)18(22)21(19(17)23)16-9-7-15(20)8-10-16/h3-10,13,17H,11H2,1-2H3/t13-,17-/m0/s1. The highest BCUT2D eigenvalue weighted by molar-refractivity contribution is 6.30. The van der Waals surface area contributed by atoms with Crippen molar-refractivity contribution >= 4 is 29.1 Å². The molecule has 2 aromatic carbocycles. The second-order valence-electron chi connectivity index (χ2n) is 6.07. The number of carbonyl (C=O) groups is 2. The Labute approximate surface area is 140 Å². The molecule has 0 aliphatic carbocycles. The summed E-state index contributed by atoms with van der Waals surface area (Å²) in [6.45, 7) is 3.86. The van der Waals surface area contributed by atoms with Crippen molar-refractivity contribution in [3.63, 3.8) is 0 Å². The van der Waals surface area contributed by atoms with Crippen molar-refractivity contribution in [2.75, 3.05) is 4.90 Å². The summed E-state index contributed by atoms with van der Waals surface area (Å²) in [5.74, 6) is -0.916. The Bertz CT molecular complexity index is 737. The maximum Gasteiger partial charge on any atom is 0.238 e. The third-order valence-corrected chi connectivity index (χ3v) is 4.66. The van der Waals surface area contributed by atoms with Gasteiger partial charge in [0.2, 0.25) is 11.8 Å². The highest BCUT2D eigenvalue weighted by atomic mass is 35.5. The van der Waals surface area contributed by atoms with Crippen molar-refractivity contribution in [3.8, 4) is 0 Å². The average Bonchev–Trinajstić information content (AvgIpc) is 2.74. The van der Waals surface area contributed by atoms with Gasteiger partial charge in [-0.15, -0.1) is 0 Å². The molecule has 23 heavy (non-hydrogen) atoms. The maximum atomic E-state index is 12.8. The van der Waals surface area contributed by atoms with Gasteiger partial charge in [-0.05, 0) is 43.2 Å². The Morgan fingerprint density at radius 1 is 0.957 bits per heavy atom. The summed E-state index contributed by atoms with van der Waals surface area (Å²) < 4.78 is 0. The number of hydrogen-bond donors (Lipinski definition) is 0. The van der Waals surface area contributed by atoms with Gasteiger partial charge in [-0.2, -0.15) is 0 Å². The molecule has 2 aromatic rings. The van der Waals surface area contributed by atoms with Gasteiger partial charge in [0, 0.05) is 10.9 Å². The van der Waals surface area contributed by atoms with Crippen LogP contribution < -0.4 is 4.90 Å². The van der Waals surface area contributed by atoms with Crippen LogP contribution in [0.15, 0.2) is 48.5 Å². The van der Waals surface area contributed by atoms with Gasteiger partial charge in [-0.1, -0.05) is 48.4 Å². The van der Waals surface area contributed by atoms with E-state index in [9.17, 15) is 9.59 Å². The number of hydrogen-bond acceptors (Lipinski definition) is 2. The van der Waals surface area contributed by atoms with E-state index in [0.29, 0.717) is 17.1 Å². The fourth-order valence-electron chi connectivity index (χ4n) is 2.95. The largest absolute Gasteiger partial charge is 0.274 e. The van der Waals surface area contributed by atoms with Gasteiger partial charge in [0.25, 0.3) is 0 Å². The molecule has 1 aliphatic rings. The number of imide groups is 1. The lowest BCUT2D eigenvalue weighted by atomic mass is 9.90. The normalized spacial score (nSPS) is 21.1. The molecule has 3 rings (SSSR count). The van der Waals surface area contributed by atoms with E-state index in [-0.39, 0.29) is 23.7 Å². The van der Waals surface area contributed by atoms with E-state index in [0.717, 1.165) is 5.56 Å². The molecule has 0 saturated carbocycles. The molecule has 0 N–H and O–H groups in total. The minimum Gasteiger partial charge on any atom is -0.274 e. The summed E-state index contributed by atoms with van der Waals surface area (Å²) in [6, 6.07) is 14.9. The SMILES string of the molecule is Cc1ccc(C[C@@H]2C(=O)N(c3ccc(Cl)cc3)C(=O)[C@H]2C)cc1. The summed E-state index contributed by atoms with van der Waals surface area (Å²) in [5.41, 5.74) is 2.84. The van der Waals surface area contributed by atoms with Gasteiger partial charge >= 0.3 is 0 Å². The molecule has 118 valence electrons. The molecule has 0 radical (unpaired) electrons. The second-order valence-corrected chi connectivity index (χ2v) is 6.51. The summed E-state index contributed by atoms with van der Waals surface area (Å²) in [4.78, 5) is 26.6. The lowest BCUT2D eigenvalue weighted by molar-refractivity contribution is -0.122. The summed E-state index contributed by atoms with van der Waals surface area (Å²) in [5, 5.41) is 0.581. The van der Waals surface area contributed by atoms with Crippen molar-refractivity contribution in [2.24, 2.45) is 11.8 Å². The van der Waals surface area contributed by atoms with E-state index in [4.69, 9.17) is 11.6 Å². The smallest absolute Gasteiger partial charge is 0.238 e. The van der Waals surface area contributed by atoms with Crippen LogP contribution in [-0.4, -0.2) is 11.8 Å². The van der Waals surface area contributed by atoms with E-state index in [2.05, 4.69) is 0 Å².